The van der Waals surface area contributed by atoms with Crippen LogP contribution in [0.1, 0.15) is 11.1 Å². The highest BCUT2D eigenvalue weighted by Gasteiger charge is 1.99. The third-order valence-electron chi connectivity index (χ3n) is 2.32. The molecule has 0 heterocycles. The second-order valence-electron chi connectivity index (χ2n) is 3.52. The fourth-order valence-electron chi connectivity index (χ4n) is 1.51. The first-order valence-corrected chi connectivity index (χ1v) is 5.91. The third-order valence-corrected chi connectivity index (χ3v) is 3.25. The maximum absolute atomic E-state index is 5.77. The second kappa shape index (κ2) is 4.66. The number of anilines is 1. The van der Waals surface area contributed by atoms with Gasteiger partial charge in [0.1, 0.15) is 0 Å². The molecule has 0 bridgehead atoms. The summed E-state index contributed by atoms with van der Waals surface area (Å²) >= 11 is 2.27. The number of benzene rings is 2. The van der Waals surface area contributed by atoms with Crippen molar-refractivity contribution in [2.45, 2.75) is 6.42 Å². The minimum atomic E-state index is 0.854. The lowest BCUT2D eigenvalue weighted by Crippen LogP contribution is -1.93. The third kappa shape index (κ3) is 2.72. The zero-order chi connectivity index (χ0) is 10.7. The fourth-order valence-corrected chi connectivity index (χ4v) is 2.09. The quantitative estimate of drug-likeness (QED) is 0.667. The summed E-state index contributed by atoms with van der Waals surface area (Å²) < 4.78 is 1.13. The summed E-state index contributed by atoms with van der Waals surface area (Å²) in [6, 6.07) is 16.7. The number of nitrogen functional groups attached to an aromatic ring is 1. The van der Waals surface area contributed by atoms with Gasteiger partial charge in [0.25, 0.3) is 0 Å². The van der Waals surface area contributed by atoms with E-state index in [4.69, 9.17) is 5.73 Å². The van der Waals surface area contributed by atoms with Crippen LogP contribution in [-0.2, 0) is 6.42 Å². The summed E-state index contributed by atoms with van der Waals surface area (Å²) in [6.45, 7) is 0. The molecule has 0 unspecified atom stereocenters. The maximum Gasteiger partial charge on any atom is 0.0449 e. The molecule has 0 saturated heterocycles. The number of rotatable bonds is 2. The molecule has 1 nitrogen and oxygen atoms in total. The van der Waals surface area contributed by atoms with E-state index in [9.17, 15) is 0 Å². The molecular weight excluding hydrogens is 297 g/mol. The van der Waals surface area contributed by atoms with Gasteiger partial charge in [-0.15, -0.1) is 0 Å². The van der Waals surface area contributed by atoms with Crippen LogP contribution in [0.2, 0.25) is 0 Å². The van der Waals surface area contributed by atoms with Gasteiger partial charge in [0.15, 0.2) is 0 Å². The molecule has 0 aliphatic carbocycles. The molecular formula is C13H12IN. The average molecular weight is 309 g/mol. The van der Waals surface area contributed by atoms with E-state index in [1.54, 1.807) is 0 Å². The van der Waals surface area contributed by atoms with Crippen molar-refractivity contribution in [1.29, 1.82) is 0 Å². The molecule has 0 atom stereocenters. The lowest BCUT2D eigenvalue weighted by molar-refractivity contribution is 1.19. The summed E-state index contributed by atoms with van der Waals surface area (Å²) in [4.78, 5) is 0. The van der Waals surface area contributed by atoms with Gasteiger partial charge in [-0.25, -0.2) is 0 Å². The predicted octanol–water partition coefficient (Wildman–Crippen LogP) is 3.46. The van der Waals surface area contributed by atoms with Gasteiger partial charge in [-0.3, -0.25) is 0 Å². The van der Waals surface area contributed by atoms with E-state index in [0.29, 0.717) is 0 Å². The van der Waals surface area contributed by atoms with Gasteiger partial charge >= 0.3 is 0 Å². The standard InChI is InChI=1S/C13H12IN/c14-12-9-11(6-7-13(12)15)8-10-4-2-1-3-5-10/h1-7,9H,8,15H2. The van der Waals surface area contributed by atoms with Crippen LogP contribution in [0.3, 0.4) is 0 Å². The first kappa shape index (κ1) is 10.5. The highest BCUT2D eigenvalue weighted by Crippen LogP contribution is 2.18. The Morgan fingerprint density at radius 3 is 2.33 bits per heavy atom. The zero-order valence-electron chi connectivity index (χ0n) is 8.28. The molecule has 2 aromatic rings. The Bertz CT molecular complexity index is 451. The molecule has 0 aliphatic heterocycles. The summed E-state index contributed by atoms with van der Waals surface area (Å²) in [5.74, 6) is 0. The van der Waals surface area contributed by atoms with E-state index in [2.05, 4.69) is 59.0 Å². The summed E-state index contributed by atoms with van der Waals surface area (Å²) in [7, 11) is 0. The lowest BCUT2D eigenvalue weighted by atomic mass is 10.1. The molecule has 76 valence electrons. The molecule has 2 N–H and O–H groups in total. The monoisotopic (exact) mass is 309 g/mol. The topological polar surface area (TPSA) is 26.0 Å². The van der Waals surface area contributed by atoms with Gasteiger partial charge < -0.3 is 5.73 Å². The Labute approximate surface area is 103 Å². The molecule has 0 aromatic heterocycles. The van der Waals surface area contributed by atoms with Crippen molar-refractivity contribution in [1.82, 2.24) is 0 Å². The van der Waals surface area contributed by atoms with Crippen LogP contribution in [0.5, 0.6) is 0 Å². The van der Waals surface area contributed by atoms with Crippen LogP contribution in [0, 0.1) is 3.57 Å². The Kier molecular flexibility index (Phi) is 3.26. The molecule has 0 spiro atoms. The average Bonchev–Trinajstić information content (AvgIpc) is 2.25. The number of halogens is 1. The van der Waals surface area contributed by atoms with Crippen molar-refractivity contribution in [3.8, 4) is 0 Å². The van der Waals surface area contributed by atoms with Gasteiger partial charge in [-0.05, 0) is 52.3 Å². The van der Waals surface area contributed by atoms with E-state index in [0.717, 1.165) is 15.7 Å². The Hall–Kier alpha value is -1.03. The summed E-state index contributed by atoms with van der Waals surface area (Å²) in [5, 5.41) is 0. The van der Waals surface area contributed by atoms with Crippen molar-refractivity contribution < 1.29 is 0 Å². The Balaban J connectivity index is 2.22. The van der Waals surface area contributed by atoms with E-state index in [1.807, 2.05) is 12.1 Å². The van der Waals surface area contributed by atoms with Crippen molar-refractivity contribution >= 4 is 28.3 Å². The highest BCUT2D eigenvalue weighted by molar-refractivity contribution is 14.1. The van der Waals surface area contributed by atoms with Crippen molar-refractivity contribution in [2.75, 3.05) is 5.73 Å². The lowest BCUT2D eigenvalue weighted by Gasteiger charge is -2.04. The Morgan fingerprint density at radius 1 is 0.933 bits per heavy atom. The second-order valence-corrected chi connectivity index (χ2v) is 4.68. The maximum atomic E-state index is 5.77. The van der Waals surface area contributed by atoms with Gasteiger partial charge in [0, 0.05) is 9.26 Å². The normalized spacial score (nSPS) is 10.2. The largest absolute Gasteiger partial charge is 0.398 e. The van der Waals surface area contributed by atoms with Crippen LogP contribution >= 0.6 is 22.6 Å². The van der Waals surface area contributed by atoms with Crippen LogP contribution in [0.4, 0.5) is 5.69 Å². The smallest absolute Gasteiger partial charge is 0.0449 e. The molecule has 2 rings (SSSR count). The molecule has 2 aromatic carbocycles. The predicted molar refractivity (Wildman–Crippen MR) is 72.8 cm³/mol. The van der Waals surface area contributed by atoms with Crippen LogP contribution < -0.4 is 5.73 Å². The summed E-state index contributed by atoms with van der Waals surface area (Å²) in [5.41, 5.74) is 9.27. The fraction of sp³-hybridized carbons (Fsp3) is 0.0769. The van der Waals surface area contributed by atoms with Crippen molar-refractivity contribution in [3.05, 3.63) is 63.2 Å². The first-order valence-electron chi connectivity index (χ1n) is 4.83. The molecule has 0 radical (unpaired) electrons. The van der Waals surface area contributed by atoms with Crippen molar-refractivity contribution in [3.63, 3.8) is 0 Å². The summed E-state index contributed by atoms with van der Waals surface area (Å²) in [6.07, 6.45) is 0.969. The zero-order valence-corrected chi connectivity index (χ0v) is 10.4. The van der Waals surface area contributed by atoms with E-state index < -0.39 is 0 Å². The Morgan fingerprint density at radius 2 is 1.67 bits per heavy atom. The SMILES string of the molecule is Nc1ccc(Cc2ccccc2)cc1I. The van der Waals surface area contributed by atoms with Crippen LogP contribution in [-0.4, -0.2) is 0 Å². The molecule has 0 fully saturated rings. The van der Waals surface area contributed by atoms with Crippen molar-refractivity contribution in [2.24, 2.45) is 0 Å². The van der Waals surface area contributed by atoms with E-state index in [-0.39, 0.29) is 0 Å². The van der Waals surface area contributed by atoms with Gasteiger partial charge in [0.05, 0.1) is 0 Å². The van der Waals surface area contributed by atoms with Crippen LogP contribution in [0.25, 0.3) is 0 Å². The van der Waals surface area contributed by atoms with Gasteiger partial charge in [-0.2, -0.15) is 0 Å². The van der Waals surface area contributed by atoms with E-state index in [1.165, 1.54) is 11.1 Å². The molecule has 0 amide bonds. The molecule has 15 heavy (non-hydrogen) atoms. The first-order chi connectivity index (χ1) is 7.25. The van der Waals surface area contributed by atoms with Gasteiger partial charge in [-0.1, -0.05) is 36.4 Å². The molecule has 0 aliphatic rings. The minimum absolute atomic E-state index is 0.854. The van der Waals surface area contributed by atoms with Crippen LogP contribution in [0.15, 0.2) is 48.5 Å². The molecule has 0 saturated carbocycles. The number of nitrogens with two attached hydrogens (primary N) is 1. The van der Waals surface area contributed by atoms with Gasteiger partial charge in [0.2, 0.25) is 0 Å². The number of hydrogen-bond donors (Lipinski definition) is 1. The molecule has 2 heteroatoms. The minimum Gasteiger partial charge on any atom is -0.398 e. The van der Waals surface area contributed by atoms with E-state index >= 15 is 0 Å². The number of hydrogen-bond acceptors (Lipinski definition) is 1. The highest BCUT2D eigenvalue weighted by atomic mass is 127.